The third-order valence-electron chi connectivity index (χ3n) is 5.76. The Balaban J connectivity index is 2.15. The topological polar surface area (TPSA) is 0 Å². The molecule has 0 spiro atoms. The molecule has 1 unspecified atom stereocenters. The van der Waals surface area contributed by atoms with Gasteiger partial charge in [-0.25, -0.2) is 0 Å². The Morgan fingerprint density at radius 2 is 1.04 bits per heavy atom. The van der Waals surface area contributed by atoms with Crippen molar-refractivity contribution in [2.75, 3.05) is 20.1 Å². The van der Waals surface area contributed by atoms with Crippen LogP contribution in [-0.4, -0.2) is 24.6 Å². The second kappa shape index (κ2) is 15.3. The summed E-state index contributed by atoms with van der Waals surface area (Å²) in [6.07, 6.45) is 18.4. The smallest absolute Gasteiger partial charge is 0.104 e. The number of benzene rings is 1. The van der Waals surface area contributed by atoms with Crippen molar-refractivity contribution in [2.24, 2.45) is 0 Å². The van der Waals surface area contributed by atoms with Crippen molar-refractivity contribution in [2.45, 2.75) is 104 Å². The van der Waals surface area contributed by atoms with Gasteiger partial charge in [-0.3, -0.25) is 0 Å². The van der Waals surface area contributed by atoms with Gasteiger partial charge in [0.05, 0.1) is 20.1 Å². The summed E-state index contributed by atoms with van der Waals surface area (Å²) in [5.74, 6) is 0. The summed E-state index contributed by atoms with van der Waals surface area (Å²) in [5, 5.41) is 0. The number of hydrogen-bond donors (Lipinski definition) is 0. The van der Waals surface area contributed by atoms with Gasteiger partial charge in [0.25, 0.3) is 0 Å². The number of quaternary nitrogens is 1. The molecule has 0 bridgehead atoms. The lowest BCUT2D eigenvalue weighted by Gasteiger charge is -2.35. The van der Waals surface area contributed by atoms with E-state index in [4.69, 9.17) is 0 Å². The molecule has 0 aliphatic carbocycles. The highest BCUT2D eigenvalue weighted by Crippen LogP contribution is 2.17. The summed E-state index contributed by atoms with van der Waals surface area (Å²) in [5.41, 5.74) is 1.49. The van der Waals surface area contributed by atoms with Gasteiger partial charge in [0.15, 0.2) is 0 Å². The van der Waals surface area contributed by atoms with Crippen LogP contribution in [0.15, 0.2) is 30.3 Å². The van der Waals surface area contributed by atoms with Gasteiger partial charge in [-0.05, 0) is 19.3 Å². The molecule has 26 heavy (non-hydrogen) atoms. The molecule has 0 heterocycles. The van der Waals surface area contributed by atoms with Gasteiger partial charge < -0.3 is 4.48 Å². The first kappa shape index (κ1) is 23.2. The van der Waals surface area contributed by atoms with Crippen LogP contribution in [0.3, 0.4) is 0 Å². The Morgan fingerprint density at radius 3 is 1.58 bits per heavy atom. The van der Waals surface area contributed by atoms with Crippen LogP contribution in [0.25, 0.3) is 0 Å². The van der Waals surface area contributed by atoms with E-state index >= 15 is 0 Å². The molecule has 0 aliphatic heterocycles. The monoisotopic (exact) mass is 360 g/mol. The maximum atomic E-state index is 2.47. The summed E-state index contributed by atoms with van der Waals surface area (Å²) in [4.78, 5) is 0. The van der Waals surface area contributed by atoms with E-state index in [2.05, 4.69) is 51.2 Å². The minimum Gasteiger partial charge on any atom is -0.322 e. The first-order valence-corrected chi connectivity index (χ1v) is 11.6. The first-order valence-electron chi connectivity index (χ1n) is 11.6. The molecule has 0 saturated carbocycles. The molecule has 1 rings (SSSR count). The van der Waals surface area contributed by atoms with Gasteiger partial charge in [0.1, 0.15) is 6.54 Å². The number of nitrogens with zero attached hydrogens (tertiary/aromatic N) is 1. The average Bonchev–Trinajstić information content (AvgIpc) is 2.65. The molecule has 0 fully saturated rings. The third-order valence-corrected chi connectivity index (χ3v) is 5.76. The summed E-state index contributed by atoms with van der Waals surface area (Å²) in [7, 11) is 2.47. The van der Waals surface area contributed by atoms with E-state index in [9.17, 15) is 0 Å². The molecule has 0 aliphatic rings. The molecule has 0 saturated heterocycles. The molecule has 1 aromatic carbocycles. The zero-order chi connectivity index (χ0) is 18.9. The van der Waals surface area contributed by atoms with Gasteiger partial charge >= 0.3 is 0 Å². The summed E-state index contributed by atoms with van der Waals surface area (Å²) >= 11 is 0. The van der Waals surface area contributed by atoms with Crippen LogP contribution in [0.2, 0.25) is 0 Å². The van der Waals surface area contributed by atoms with Gasteiger partial charge in [-0.15, -0.1) is 0 Å². The van der Waals surface area contributed by atoms with Gasteiger partial charge in [-0.2, -0.15) is 0 Å². The molecule has 0 aromatic heterocycles. The van der Waals surface area contributed by atoms with Crippen LogP contribution in [-0.2, 0) is 6.54 Å². The summed E-state index contributed by atoms with van der Waals surface area (Å²) in [6.45, 7) is 8.47. The van der Waals surface area contributed by atoms with E-state index in [1.807, 2.05) is 0 Å². The minimum absolute atomic E-state index is 1.19. The van der Waals surface area contributed by atoms with E-state index in [1.54, 1.807) is 0 Å². The number of unbranched alkanes of at least 4 members (excludes halogenated alkanes) is 11. The zero-order valence-electron chi connectivity index (χ0n) is 18.1. The fourth-order valence-electron chi connectivity index (χ4n) is 3.99. The molecular weight excluding hydrogens is 314 g/mol. The van der Waals surface area contributed by atoms with Crippen molar-refractivity contribution < 1.29 is 4.48 Å². The largest absolute Gasteiger partial charge is 0.322 e. The van der Waals surface area contributed by atoms with E-state index in [0.29, 0.717) is 0 Å². The molecule has 0 amide bonds. The third kappa shape index (κ3) is 11.7. The highest BCUT2D eigenvalue weighted by Gasteiger charge is 2.20. The predicted octanol–water partition coefficient (Wildman–Crippen LogP) is 7.74. The van der Waals surface area contributed by atoms with Crippen LogP contribution in [0, 0.1) is 0 Å². The van der Waals surface area contributed by atoms with E-state index < -0.39 is 0 Å². The second-order valence-corrected chi connectivity index (χ2v) is 8.60. The van der Waals surface area contributed by atoms with Gasteiger partial charge in [0, 0.05) is 5.56 Å². The van der Waals surface area contributed by atoms with Crippen molar-refractivity contribution >= 4 is 0 Å². The quantitative estimate of drug-likeness (QED) is 0.197. The van der Waals surface area contributed by atoms with Crippen LogP contribution < -0.4 is 0 Å². The standard InChI is InChI=1S/C25H46N/c1-4-6-8-9-10-11-12-13-14-15-19-23-26(3,22-7-5-2)24-25-20-17-16-18-21-25/h16-18,20-21H,4-15,19,22-24H2,1-3H3/q+1. The zero-order valence-corrected chi connectivity index (χ0v) is 18.1. The van der Waals surface area contributed by atoms with Crippen molar-refractivity contribution in [1.29, 1.82) is 0 Å². The molecule has 1 atom stereocenters. The lowest BCUT2D eigenvalue weighted by Crippen LogP contribution is -2.44. The molecule has 0 N–H and O–H groups in total. The fourth-order valence-corrected chi connectivity index (χ4v) is 3.99. The van der Waals surface area contributed by atoms with E-state index in [0.717, 1.165) is 0 Å². The summed E-state index contributed by atoms with van der Waals surface area (Å²) < 4.78 is 1.22. The van der Waals surface area contributed by atoms with Crippen LogP contribution >= 0.6 is 0 Å². The van der Waals surface area contributed by atoms with Crippen molar-refractivity contribution in [3.8, 4) is 0 Å². The number of rotatable bonds is 17. The van der Waals surface area contributed by atoms with Crippen molar-refractivity contribution in [3.05, 3.63) is 35.9 Å². The predicted molar refractivity (Wildman–Crippen MR) is 117 cm³/mol. The lowest BCUT2D eigenvalue weighted by molar-refractivity contribution is -0.923. The van der Waals surface area contributed by atoms with E-state index in [-0.39, 0.29) is 0 Å². The lowest BCUT2D eigenvalue weighted by atomic mass is 10.1. The number of hydrogen-bond acceptors (Lipinski definition) is 0. The Labute approximate surface area is 164 Å². The SMILES string of the molecule is CCCCCCCCCCCCC[N+](C)(CCCC)Cc1ccccc1. The molecule has 1 heteroatoms. The Morgan fingerprint density at radius 1 is 0.577 bits per heavy atom. The molecule has 0 radical (unpaired) electrons. The van der Waals surface area contributed by atoms with Crippen molar-refractivity contribution in [3.63, 3.8) is 0 Å². The Hall–Kier alpha value is -0.820. The highest BCUT2D eigenvalue weighted by atomic mass is 15.3. The van der Waals surface area contributed by atoms with Crippen LogP contribution in [0.5, 0.6) is 0 Å². The second-order valence-electron chi connectivity index (χ2n) is 8.60. The molecule has 1 nitrogen and oxygen atoms in total. The Bertz CT molecular complexity index is 413. The molecular formula is C25H46N+. The van der Waals surface area contributed by atoms with E-state index in [1.165, 1.54) is 113 Å². The summed E-state index contributed by atoms with van der Waals surface area (Å²) in [6, 6.07) is 11.1. The van der Waals surface area contributed by atoms with Crippen LogP contribution in [0.4, 0.5) is 0 Å². The average molecular weight is 361 g/mol. The van der Waals surface area contributed by atoms with Crippen LogP contribution in [0.1, 0.15) is 103 Å². The molecule has 150 valence electrons. The maximum absolute atomic E-state index is 2.47. The Kier molecular flexibility index (Phi) is 13.6. The fraction of sp³-hybridized carbons (Fsp3) is 0.760. The highest BCUT2D eigenvalue weighted by molar-refractivity contribution is 5.13. The minimum atomic E-state index is 1.19. The first-order chi connectivity index (χ1) is 12.7. The molecule has 1 aromatic rings. The maximum Gasteiger partial charge on any atom is 0.104 e. The van der Waals surface area contributed by atoms with Gasteiger partial charge in [-0.1, -0.05) is 108 Å². The normalized spacial score (nSPS) is 13.7. The van der Waals surface area contributed by atoms with Crippen molar-refractivity contribution in [1.82, 2.24) is 0 Å². The van der Waals surface area contributed by atoms with Gasteiger partial charge in [0.2, 0.25) is 0 Å².